The first-order valence-electron chi connectivity index (χ1n) is 7.05. The summed E-state index contributed by atoms with van der Waals surface area (Å²) in [7, 11) is 2.02. The largest absolute Gasteiger partial charge is 0.338 e. The van der Waals surface area contributed by atoms with Crippen LogP contribution in [0, 0.1) is 0 Å². The summed E-state index contributed by atoms with van der Waals surface area (Å²) in [5.74, 6) is 1.22. The van der Waals surface area contributed by atoms with Crippen LogP contribution in [0.4, 0.5) is 0 Å². The van der Waals surface area contributed by atoms with Crippen LogP contribution in [0.5, 0.6) is 0 Å². The van der Waals surface area contributed by atoms with E-state index in [0.717, 1.165) is 19.9 Å². The van der Waals surface area contributed by atoms with Gasteiger partial charge in [0.2, 0.25) is 11.7 Å². The smallest absolute Gasteiger partial charge is 0.241 e. The Kier molecular flexibility index (Phi) is 5.16. The van der Waals surface area contributed by atoms with Crippen LogP contribution < -0.4 is 0 Å². The lowest BCUT2D eigenvalue weighted by Gasteiger charge is -2.23. The molecular formula is C16H15BrClN3OS. The highest BCUT2D eigenvalue weighted by atomic mass is 79.9. The summed E-state index contributed by atoms with van der Waals surface area (Å²) in [6.07, 6.45) is 0. The van der Waals surface area contributed by atoms with Gasteiger partial charge in [-0.3, -0.25) is 4.90 Å². The Morgan fingerprint density at radius 2 is 2.22 bits per heavy atom. The molecule has 7 heteroatoms. The zero-order valence-corrected chi connectivity index (χ0v) is 15.8. The summed E-state index contributed by atoms with van der Waals surface area (Å²) in [6.45, 7) is 2.70. The number of benzene rings is 1. The Labute approximate surface area is 152 Å². The molecule has 4 nitrogen and oxygen atoms in total. The molecule has 0 aliphatic heterocycles. The maximum absolute atomic E-state index is 6.06. The third-order valence-electron chi connectivity index (χ3n) is 3.63. The molecule has 1 atom stereocenters. The van der Waals surface area contributed by atoms with Gasteiger partial charge in [0.1, 0.15) is 0 Å². The number of hydrogen-bond donors (Lipinski definition) is 0. The lowest BCUT2D eigenvalue weighted by molar-refractivity contribution is 0.216. The van der Waals surface area contributed by atoms with Gasteiger partial charge in [-0.15, -0.1) is 11.3 Å². The molecule has 0 aliphatic carbocycles. The fourth-order valence-corrected chi connectivity index (χ4v) is 3.77. The fraction of sp³-hybridized carbons (Fsp3) is 0.250. The quantitative estimate of drug-likeness (QED) is 0.562. The number of halogens is 2. The van der Waals surface area contributed by atoms with E-state index in [1.54, 1.807) is 11.3 Å². The summed E-state index contributed by atoms with van der Waals surface area (Å²) < 4.78 is 6.39. The van der Waals surface area contributed by atoms with Gasteiger partial charge in [-0.1, -0.05) is 28.9 Å². The second-order valence-corrected chi connectivity index (χ2v) is 7.55. The topological polar surface area (TPSA) is 42.2 Å². The van der Waals surface area contributed by atoms with Gasteiger partial charge in [0.05, 0.1) is 11.4 Å². The van der Waals surface area contributed by atoms with Crippen molar-refractivity contribution in [2.45, 2.75) is 19.5 Å². The maximum atomic E-state index is 6.06. The molecule has 1 aromatic carbocycles. The first-order chi connectivity index (χ1) is 11.0. The molecular weight excluding hydrogens is 398 g/mol. The van der Waals surface area contributed by atoms with Crippen molar-refractivity contribution in [3.05, 3.63) is 56.7 Å². The molecule has 2 heterocycles. The van der Waals surface area contributed by atoms with Gasteiger partial charge in [-0.2, -0.15) is 4.98 Å². The molecule has 23 heavy (non-hydrogen) atoms. The summed E-state index contributed by atoms with van der Waals surface area (Å²) in [4.78, 5) is 7.60. The van der Waals surface area contributed by atoms with Crippen molar-refractivity contribution in [2.75, 3.05) is 7.05 Å². The van der Waals surface area contributed by atoms with Crippen LogP contribution in [-0.2, 0) is 6.54 Å². The van der Waals surface area contributed by atoms with Crippen LogP contribution in [0.15, 0.2) is 44.7 Å². The third kappa shape index (κ3) is 4.01. The number of aromatic nitrogens is 2. The van der Waals surface area contributed by atoms with Crippen LogP contribution in [0.3, 0.4) is 0 Å². The molecule has 120 valence electrons. The molecule has 1 unspecified atom stereocenters. The average molecular weight is 413 g/mol. The van der Waals surface area contributed by atoms with E-state index in [2.05, 4.69) is 44.0 Å². The van der Waals surface area contributed by atoms with Gasteiger partial charge >= 0.3 is 0 Å². The first-order valence-corrected chi connectivity index (χ1v) is 9.10. The van der Waals surface area contributed by atoms with Gasteiger partial charge < -0.3 is 4.52 Å². The lowest BCUT2D eigenvalue weighted by atomic mass is 10.1. The number of thiophene rings is 1. The number of rotatable bonds is 5. The molecule has 0 spiro atoms. The molecule has 0 N–H and O–H groups in total. The van der Waals surface area contributed by atoms with Gasteiger partial charge in [0, 0.05) is 20.9 Å². The summed E-state index contributed by atoms with van der Waals surface area (Å²) in [5.41, 5.74) is 1.15. The SMILES string of the molecule is CC(c1cccc(Cl)c1)N(C)Cc1nc(-c2cc(Br)cs2)no1. The van der Waals surface area contributed by atoms with Crippen molar-refractivity contribution >= 4 is 38.9 Å². The van der Waals surface area contributed by atoms with Crippen molar-refractivity contribution in [1.29, 1.82) is 0 Å². The van der Waals surface area contributed by atoms with Gasteiger partial charge in [0.25, 0.3) is 0 Å². The molecule has 3 rings (SSSR count). The molecule has 0 bridgehead atoms. The van der Waals surface area contributed by atoms with Gasteiger partial charge in [-0.05, 0) is 53.7 Å². The van der Waals surface area contributed by atoms with E-state index in [-0.39, 0.29) is 6.04 Å². The highest BCUT2D eigenvalue weighted by Crippen LogP contribution is 2.28. The van der Waals surface area contributed by atoms with E-state index in [1.165, 1.54) is 0 Å². The minimum atomic E-state index is 0.194. The predicted octanol–water partition coefficient (Wildman–Crippen LogP) is 5.41. The third-order valence-corrected chi connectivity index (χ3v) is 5.55. The van der Waals surface area contributed by atoms with E-state index < -0.39 is 0 Å². The van der Waals surface area contributed by atoms with Crippen LogP contribution in [0.1, 0.15) is 24.4 Å². The number of nitrogens with zero attached hydrogens (tertiary/aromatic N) is 3. The minimum Gasteiger partial charge on any atom is -0.338 e. The van der Waals surface area contributed by atoms with Crippen LogP contribution in [-0.4, -0.2) is 22.1 Å². The molecule has 3 aromatic rings. The van der Waals surface area contributed by atoms with E-state index in [9.17, 15) is 0 Å². The van der Waals surface area contributed by atoms with Crippen LogP contribution in [0.25, 0.3) is 10.7 Å². The highest BCUT2D eigenvalue weighted by molar-refractivity contribution is 9.10. The van der Waals surface area contributed by atoms with E-state index in [4.69, 9.17) is 16.1 Å². The number of hydrogen-bond acceptors (Lipinski definition) is 5. The standard InChI is InChI=1S/C16H15BrClN3OS/c1-10(11-4-3-5-13(18)6-11)21(2)8-15-19-16(20-22-15)14-7-12(17)9-23-14/h3-7,9-10H,8H2,1-2H3. The van der Waals surface area contributed by atoms with Crippen molar-refractivity contribution in [3.63, 3.8) is 0 Å². The van der Waals surface area contributed by atoms with E-state index in [0.29, 0.717) is 18.3 Å². The van der Waals surface area contributed by atoms with Crippen molar-refractivity contribution in [3.8, 4) is 10.7 Å². The normalized spacial score (nSPS) is 12.7. The second-order valence-electron chi connectivity index (χ2n) is 5.29. The van der Waals surface area contributed by atoms with E-state index in [1.807, 2.05) is 36.7 Å². The Bertz CT molecular complexity index is 804. The van der Waals surface area contributed by atoms with Crippen LogP contribution in [0.2, 0.25) is 5.02 Å². The molecule has 0 amide bonds. The summed E-state index contributed by atoms with van der Waals surface area (Å²) in [5, 5.41) is 6.80. The Hall–Kier alpha value is -1.21. The Morgan fingerprint density at radius 3 is 2.91 bits per heavy atom. The Morgan fingerprint density at radius 1 is 1.39 bits per heavy atom. The van der Waals surface area contributed by atoms with Crippen molar-refractivity contribution in [1.82, 2.24) is 15.0 Å². The summed E-state index contributed by atoms with van der Waals surface area (Å²) >= 11 is 11.1. The average Bonchev–Trinajstić information content (AvgIpc) is 3.15. The second kappa shape index (κ2) is 7.13. The van der Waals surface area contributed by atoms with Gasteiger partial charge in [-0.25, -0.2) is 0 Å². The van der Waals surface area contributed by atoms with Crippen LogP contribution >= 0.6 is 38.9 Å². The fourth-order valence-electron chi connectivity index (χ4n) is 2.22. The molecule has 0 radical (unpaired) electrons. The lowest BCUT2D eigenvalue weighted by Crippen LogP contribution is -2.22. The predicted molar refractivity (Wildman–Crippen MR) is 96.6 cm³/mol. The van der Waals surface area contributed by atoms with Crippen molar-refractivity contribution < 1.29 is 4.52 Å². The molecule has 2 aromatic heterocycles. The summed E-state index contributed by atoms with van der Waals surface area (Å²) in [6, 6.07) is 10.1. The highest BCUT2D eigenvalue weighted by Gasteiger charge is 2.17. The van der Waals surface area contributed by atoms with Crippen molar-refractivity contribution in [2.24, 2.45) is 0 Å². The maximum Gasteiger partial charge on any atom is 0.241 e. The first kappa shape index (κ1) is 16.6. The zero-order chi connectivity index (χ0) is 16.4. The molecule has 0 saturated heterocycles. The monoisotopic (exact) mass is 411 g/mol. The van der Waals surface area contributed by atoms with E-state index >= 15 is 0 Å². The minimum absolute atomic E-state index is 0.194. The zero-order valence-electron chi connectivity index (χ0n) is 12.7. The molecule has 0 aliphatic rings. The Balaban J connectivity index is 1.70. The molecule has 0 fully saturated rings. The van der Waals surface area contributed by atoms with Gasteiger partial charge in [0.15, 0.2) is 0 Å². The molecule has 0 saturated carbocycles.